The van der Waals surface area contributed by atoms with Gasteiger partial charge < -0.3 is 13.7 Å². The average molecular weight is 589 g/mol. The molecule has 0 aromatic heterocycles. The molecule has 1 atom stereocenters. The third-order valence-corrected chi connectivity index (χ3v) is 8.56. The van der Waals surface area contributed by atoms with Crippen LogP contribution >= 0.6 is 0 Å². The van der Waals surface area contributed by atoms with Crippen LogP contribution in [-0.4, -0.2) is 34.1 Å². The van der Waals surface area contributed by atoms with Crippen molar-refractivity contribution in [2.75, 3.05) is 20.8 Å². The highest BCUT2D eigenvalue weighted by Gasteiger charge is 2.35. The smallest absolute Gasteiger partial charge is 0.339 e. The Balaban J connectivity index is 0.000000474. The summed E-state index contributed by atoms with van der Waals surface area (Å²) in [5.74, 6) is 1.98. The fraction of sp³-hybridized carbons (Fsp3) is 0.324. The van der Waals surface area contributed by atoms with E-state index < -0.39 is 10.1 Å². The largest absolute Gasteiger partial charge is 0.497 e. The van der Waals surface area contributed by atoms with Gasteiger partial charge in [-0.1, -0.05) is 56.3 Å². The molecular weight excluding hydrogens is 548 g/mol. The van der Waals surface area contributed by atoms with Crippen LogP contribution in [0.25, 0.3) is 0 Å². The second-order valence-electron chi connectivity index (χ2n) is 9.64. The maximum Gasteiger partial charge on any atom is 0.339 e. The minimum absolute atomic E-state index is 0.142. The zero-order valence-corrected chi connectivity index (χ0v) is 26.1. The van der Waals surface area contributed by atoms with Crippen LogP contribution < -0.4 is 13.7 Å². The second kappa shape index (κ2) is 14.7. The van der Waals surface area contributed by atoms with Crippen molar-refractivity contribution in [3.8, 4) is 23.3 Å². The molecule has 3 aromatic carbocycles. The molecule has 8 heteroatoms. The normalized spacial score (nSPS) is 15.5. The molecule has 5 rings (SSSR count). The van der Waals surface area contributed by atoms with Crippen molar-refractivity contribution < 1.29 is 22.1 Å². The highest BCUT2D eigenvalue weighted by Crippen LogP contribution is 2.45. The predicted octanol–water partition coefficient (Wildman–Crippen LogP) is 7.10. The van der Waals surface area contributed by atoms with E-state index in [0.717, 1.165) is 41.2 Å². The first-order valence-electron chi connectivity index (χ1n) is 14.0. The lowest BCUT2D eigenvalue weighted by Crippen LogP contribution is -2.39. The quantitative estimate of drug-likeness (QED) is 0.172. The zero-order valence-electron chi connectivity index (χ0n) is 25.3. The number of fused-ring (bicyclic) bond motifs is 4. The van der Waals surface area contributed by atoms with Gasteiger partial charge in [-0.05, 0) is 74.2 Å². The molecule has 1 unspecified atom stereocenters. The average Bonchev–Trinajstić information content (AvgIpc) is 3.02. The van der Waals surface area contributed by atoms with Gasteiger partial charge in [0.1, 0.15) is 22.1 Å². The molecule has 0 amide bonds. The number of aryl methyl sites for hydroxylation is 1. The van der Waals surface area contributed by atoms with Gasteiger partial charge in [0.25, 0.3) is 0 Å². The molecule has 0 spiro atoms. The standard InChI is InChI=1S/C26H27NO5S.C6H7N.C2H6/c1-17-4-7-20(8-5-17)33(28,29)32-26-11-10-25(31-3)23-16-27-13-12-18-14-19(30-2)6-9-21(18)24(27)15-22(23)26;1-3-6(4-2)5-7;1-2/h4-11,14,24H,12-13,15-16H2,1-3H3;3-4H,1H2,2H3;1-2H3/b;6-4+;. The van der Waals surface area contributed by atoms with Crippen LogP contribution in [0.1, 0.15) is 54.6 Å². The molecule has 7 nitrogen and oxygen atoms in total. The monoisotopic (exact) mass is 588 g/mol. The Morgan fingerprint density at radius 1 is 1.02 bits per heavy atom. The first kappa shape index (κ1) is 32.5. The van der Waals surface area contributed by atoms with E-state index in [1.54, 1.807) is 63.6 Å². The van der Waals surface area contributed by atoms with Crippen LogP contribution in [0.15, 0.2) is 83.8 Å². The van der Waals surface area contributed by atoms with E-state index in [1.165, 1.54) is 17.2 Å². The lowest BCUT2D eigenvalue weighted by atomic mass is 9.83. The van der Waals surface area contributed by atoms with Crippen molar-refractivity contribution in [1.82, 2.24) is 4.90 Å². The van der Waals surface area contributed by atoms with Gasteiger partial charge in [0.15, 0.2) is 0 Å². The summed E-state index contributed by atoms with van der Waals surface area (Å²) in [4.78, 5) is 2.57. The van der Waals surface area contributed by atoms with Crippen LogP contribution in [-0.2, 0) is 29.5 Å². The topological polar surface area (TPSA) is 88.9 Å². The van der Waals surface area contributed by atoms with E-state index in [4.69, 9.17) is 18.9 Å². The van der Waals surface area contributed by atoms with Gasteiger partial charge in [0.05, 0.1) is 20.3 Å². The highest BCUT2D eigenvalue weighted by atomic mass is 32.2. The Morgan fingerprint density at radius 3 is 2.29 bits per heavy atom. The third-order valence-electron chi connectivity index (χ3n) is 7.31. The summed E-state index contributed by atoms with van der Waals surface area (Å²) in [5, 5.41) is 8.14. The minimum atomic E-state index is -3.95. The van der Waals surface area contributed by atoms with Gasteiger partial charge in [0.2, 0.25) is 0 Å². The molecule has 0 saturated carbocycles. The second-order valence-corrected chi connectivity index (χ2v) is 11.2. The molecule has 0 aliphatic carbocycles. The van der Waals surface area contributed by atoms with Crippen molar-refractivity contribution in [2.24, 2.45) is 0 Å². The molecule has 2 aliphatic heterocycles. The number of benzene rings is 3. The number of hydrogen-bond acceptors (Lipinski definition) is 7. The number of rotatable bonds is 6. The molecule has 0 radical (unpaired) electrons. The van der Waals surface area contributed by atoms with E-state index in [1.807, 2.05) is 32.9 Å². The SMILES string of the molecule is C=C/C(C#N)=C\C.CC.COc1ccc2c(c1)CCN1Cc3c(OC)ccc(OS(=O)(=O)c4ccc(C)cc4)c3CC21. The first-order chi connectivity index (χ1) is 20.2. The molecule has 0 bridgehead atoms. The van der Waals surface area contributed by atoms with Crippen molar-refractivity contribution in [1.29, 1.82) is 5.26 Å². The summed E-state index contributed by atoms with van der Waals surface area (Å²) in [6.07, 6.45) is 4.83. The Hall–Kier alpha value is -4.06. The van der Waals surface area contributed by atoms with Crippen molar-refractivity contribution >= 4 is 10.1 Å². The van der Waals surface area contributed by atoms with E-state index in [2.05, 4.69) is 23.6 Å². The summed E-state index contributed by atoms with van der Waals surface area (Å²) in [6, 6.07) is 18.5. The number of nitriles is 1. The maximum atomic E-state index is 13.0. The summed E-state index contributed by atoms with van der Waals surface area (Å²) in [7, 11) is -0.632. The Bertz CT molecular complexity index is 1570. The molecule has 0 saturated heterocycles. The Kier molecular flexibility index (Phi) is 11.4. The van der Waals surface area contributed by atoms with Crippen LogP contribution in [0.4, 0.5) is 0 Å². The van der Waals surface area contributed by atoms with Crippen LogP contribution in [0.2, 0.25) is 0 Å². The molecule has 0 fully saturated rings. The van der Waals surface area contributed by atoms with Gasteiger partial charge in [-0.15, -0.1) is 0 Å². The summed E-state index contributed by atoms with van der Waals surface area (Å²) >= 11 is 0. The van der Waals surface area contributed by atoms with Gasteiger partial charge in [-0.3, -0.25) is 4.90 Å². The highest BCUT2D eigenvalue weighted by molar-refractivity contribution is 7.87. The molecule has 42 heavy (non-hydrogen) atoms. The van der Waals surface area contributed by atoms with Gasteiger partial charge >= 0.3 is 10.1 Å². The van der Waals surface area contributed by atoms with Crippen LogP contribution in [0, 0.1) is 18.3 Å². The summed E-state index contributed by atoms with van der Waals surface area (Å²) < 4.78 is 42.8. The fourth-order valence-corrected chi connectivity index (χ4v) is 6.07. The number of hydrogen-bond donors (Lipinski definition) is 0. The lowest BCUT2D eigenvalue weighted by Gasteiger charge is -2.42. The number of nitrogens with zero attached hydrogens (tertiary/aromatic N) is 2. The number of methoxy groups -OCH3 is 2. The molecule has 222 valence electrons. The Morgan fingerprint density at radius 2 is 1.71 bits per heavy atom. The third kappa shape index (κ3) is 7.22. The van der Waals surface area contributed by atoms with E-state index in [0.29, 0.717) is 24.3 Å². The lowest BCUT2D eigenvalue weighted by molar-refractivity contribution is 0.157. The molecule has 3 aromatic rings. The maximum absolute atomic E-state index is 13.0. The fourth-order valence-electron chi connectivity index (χ4n) is 5.11. The molecule has 2 aliphatic rings. The van der Waals surface area contributed by atoms with E-state index in [9.17, 15) is 8.42 Å². The van der Waals surface area contributed by atoms with Crippen molar-refractivity contribution in [3.63, 3.8) is 0 Å². The predicted molar refractivity (Wildman–Crippen MR) is 166 cm³/mol. The summed E-state index contributed by atoms with van der Waals surface area (Å²) in [5.41, 5.74) is 6.01. The van der Waals surface area contributed by atoms with Gasteiger partial charge in [0, 0.05) is 35.8 Å². The van der Waals surface area contributed by atoms with Crippen LogP contribution in [0.5, 0.6) is 17.2 Å². The molecular formula is C34H40N2O5S. The van der Waals surface area contributed by atoms with Crippen molar-refractivity contribution in [2.45, 2.75) is 58.0 Å². The summed E-state index contributed by atoms with van der Waals surface area (Å²) in [6.45, 7) is 12.7. The number of allylic oxidation sites excluding steroid dienone is 3. The molecule has 0 N–H and O–H groups in total. The minimum Gasteiger partial charge on any atom is -0.497 e. The van der Waals surface area contributed by atoms with Crippen molar-refractivity contribution in [3.05, 3.63) is 107 Å². The Labute approximate surface area is 250 Å². The van der Waals surface area contributed by atoms with E-state index >= 15 is 0 Å². The van der Waals surface area contributed by atoms with Gasteiger partial charge in [-0.25, -0.2) is 0 Å². The van der Waals surface area contributed by atoms with Crippen LogP contribution in [0.3, 0.4) is 0 Å². The van der Waals surface area contributed by atoms with E-state index in [-0.39, 0.29) is 10.9 Å². The first-order valence-corrected chi connectivity index (χ1v) is 15.4. The number of ether oxygens (including phenoxy) is 2. The molecule has 2 heterocycles. The van der Waals surface area contributed by atoms with Gasteiger partial charge in [-0.2, -0.15) is 13.7 Å². The zero-order chi connectivity index (χ0) is 30.9.